The highest BCUT2D eigenvalue weighted by Crippen LogP contribution is 2.27. The number of carbonyl (C=O) groups excluding carboxylic acids is 2. The minimum Gasteiger partial charge on any atom is -0.341 e. The second kappa shape index (κ2) is 8.57. The van der Waals surface area contributed by atoms with Crippen LogP contribution in [0.1, 0.15) is 24.1 Å². The van der Waals surface area contributed by atoms with Crippen LogP contribution >= 0.6 is 0 Å². The topological polar surface area (TPSA) is 70.6 Å². The highest BCUT2D eigenvalue weighted by atomic mass is 16.2. The number of hydrogen-bond acceptors (Lipinski definition) is 3. The first-order valence-corrected chi connectivity index (χ1v) is 9.73. The molecule has 0 heterocycles. The van der Waals surface area contributed by atoms with Crippen LogP contribution in [0.3, 0.4) is 0 Å². The van der Waals surface area contributed by atoms with Gasteiger partial charge in [-0.3, -0.25) is 9.59 Å². The lowest BCUT2D eigenvalue weighted by Gasteiger charge is -2.13. The Morgan fingerprint density at radius 3 is 2.00 bits per heavy atom. The van der Waals surface area contributed by atoms with Crippen molar-refractivity contribution in [2.24, 2.45) is 5.10 Å². The fourth-order valence-electron chi connectivity index (χ4n) is 3.48. The summed E-state index contributed by atoms with van der Waals surface area (Å²) >= 11 is 0. The fraction of sp³-hybridized carbons (Fsp3) is 0.0800. The van der Waals surface area contributed by atoms with Crippen molar-refractivity contribution in [3.8, 4) is 0 Å². The van der Waals surface area contributed by atoms with E-state index in [-0.39, 0.29) is 6.04 Å². The van der Waals surface area contributed by atoms with E-state index in [9.17, 15) is 9.59 Å². The Labute approximate surface area is 174 Å². The van der Waals surface area contributed by atoms with Crippen LogP contribution in [0, 0.1) is 0 Å². The second-order valence-electron chi connectivity index (χ2n) is 7.04. The van der Waals surface area contributed by atoms with E-state index in [1.165, 1.54) is 0 Å². The standard InChI is InChI=1S/C25H21N3O2/c1-17(18-9-3-2-4-10-18)27-24(29)25(30)28-26-16-23-21-13-7-5-11-19(21)15-20-12-6-8-14-22(20)23/h2-17H,1H3,(H,27,29)(H,28,30)/b26-16+. The van der Waals surface area contributed by atoms with Crippen LogP contribution in [-0.2, 0) is 9.59 Å². The summed E-state index contributed by atoms with van der Waals surface area (Å²) in [5, 5.41) is 10.9. The molecular weight excluding hydrogens is 374 g/mol. The number of nitrogens with zero attached hydrogens (tertiary/aromatic N) is 1. The number of amides is 2. The van der Waals surface area contributed by atoms with E-state index in [0.29, 0.717) is 0 Å². The minimum absolute atomic E-state index is 0.282. The summed E-state index contributed by atoms with van der Waals surface area (Å²) in [6.45, 7) is 1.83. The fourth-order valence-corrected chi connectivity index (χ4v) is 3.48. The zero-order valence-corrected chi connectivity index (χ0v) is 16.5. The molecule has 5 heteroatoms. The lowest BCUT2D eigenvalue weighted by atomic mass is 9.97. The molecule has 30 heavy (non-hydrogen) atoms. The summed E-state index contributed by atoms with van der Waals surface area (Å²) in [6, 6.07) is 27.3. The van der Waals surface area contributed by atoms with E-state index in [4.69, 9.17) is 0 Å². The van der Waals surface area contributed by atoms with Gasteiger partial charge in [0, 0.05) is 5.56 Å². The molecule has 5 nitrogen and oxygen atoms in total. The molecule has 0 aliphatic rings. The molecular formula is C25H21N3O2. The Kier molecular flexibility index (Phi) is 5.52. The molecule has 4 aromatic rings. The number of carbonyl (C=O) groups is 2. The summed E-state index contributed by atoms with van der Waals surface area (Å²) in [5.41, 5.74) is 4.15. The van der Waals surface area contributed by atoms with Crippen molar-refractivity contribution in [1.29, 1.82) is 0 Å². The van der Waals surface area contributed by atoms with Crippen LogP contribution < -0.4 is 10.7 Å². The molecule has 0 radical (unpaired) electrons. The predicted molar refractivity (Wildman–Crippen MR) is 120 cm³/mol. The van der Waals surface area contributed by atoms with Gasteiger partial charge in [-0.15, -0.1) is 0 Å². The predicted octanol–water partition coefficient (Wildman–Crippen LogP) is 4.32. The zero-order chi connectivity index (χ0) is 20.9. The maximum absolute atomic E-state index is 12.2. The maximum atomic E-state index is 12.2. The van der Waals surface area contributed by atoms with Gasteiger partial charge in [0.1, 0.15) is 0 Å². The SMILES string of the molecule is CC(NC(=O)C(=O)N/N=C/c1c2ccccc2cc2ccccc12)c1ccccc1. The van der Waals surface area contributed by atoms with Crippen molar-refractivity contribution in [3.63, 3.8) is 0 Å². The monoisotopic (exact) mass is 395 g/mol. The minimum atomic E-state index is -0.807. The number of hydrazone groups is 1. The number of rotatable bonds is 4. The van der Waals surface area contributed by atoms with E-state index >= 15 is 0 Å². The van der Waals surface area contributed by atoms with Crippen LogP contribution in [0.2, 0.25) is 0 Å². The molecule has 1 unspecified atom stereocenters. The van der Waals surface area contributed by atoms with Crippen LogP contribution in [0.15, 0.2) is 90.0 Å². The van der Waals surface area contributed by atoms with E-state index in [1.807, 2.05) is 85.8 Å². The third-order valence-electron chi connectivity index (χ3n) is 5.03. The van der Waals surface area contributed by atoms with E-state index in [2.05, 4.69) is 21.9 Å². The van der Waals surface area contributed by atoms with Crippen LogP contribution in [0.5, 0.6) is 0 Å². The van der Waals surface area contributed by atoms with Gasteiger partial charge in [0.15, 0.2) is 0 Å². The number of fused-ring (bicyclic) bond motifs is 2. The Hall–Kier alpha value is -3.99. The van der Waals surface area contributed by atoms with Crippen molar-refractivity contribution in [1.82, 2.24) is 10.7 Å². The van der Waals surface area contributed by atoms with Gasteiger partial charge in [0.05, 0.1) is 12.3 Å². The first-order chi connectivity index (χ1) is 14.6. The molecule has 4 rings (SSSR count). The molecule has 2 amide bonds. The first-order valence-electron chi connectivity index (χ1n) is 9.73. The smallest absolute Gasteiger partial charge is 0.329 e. The van der Waals surface area contributed by atoms with Gasteiger partial charge in [0.25, 0.3) is 0 Å². The first kappa shape index (κ1) is 19.3. The third-order valence-corrected chi connectivity index (χ3v) is 5.03. The average Bonchev–Trinajstić information content (AvgIpc) is 2.79. The van der Waals surface area contributed by atoms with E-state index < -0.39 is 11.8 Å². The van der Waals surface area contributed by atoms with Crippen LogP contribution in [-0.4, -0.2) is 18.0 Å². The van der Waals surface area contributed by atoms with Gasteiger partial charge < -0.3 is 5.32 Å². The Bertz CT molecular complexity index is 1200. The summed E-state index contributed by atoms with van der Waals surface area (Å²) < 4.78 is 0. The van der Waals surface area contributed by atoms with Gasteiger partial charge in [-0.2, -0.15) is 5.10 Å². The Balaban J connectivity index is 1.52. The summed E-state index contributed by atoms with van der Waals surface area (Å²) in [5.74, 6) is -1.54. The van der Waals surface area contributed by atoms with E-state index in [0.717, 1.165) is 32.7 Å². The van der Waals surface area contributed by atoms with Crippen molar-refractivity contribution in [3.05, 3.63) is 96.1 Å². The Morgan fingerprint density at radius 1 is 0.800 bits per heavy atom. The van der Waals surface area contributed by atoms with Gasteiger partial charge in [-0.1, -0.05) is 78.9 Å². The van der Waals surface area contributed by atoms with E-state index in [1.54, 1.807) is 6.21 Å². The van der Waals surface area contributed by atoms with Crippen LogP contribution in [0.4, 0.5) is 0 Å². The molecule has 1 atom stereocenters. The maximum Gasteiger partial charge on any atom is 0.329 e. The summed E-state index contributed by atoms with van der Waals surface area (Å²) in [6.07, 6.45) is 1.59. The van der Waals surface area contributed by atoms with Crippen molar-refractivity contribution < 1.29 is 9.59 Å². The lowest BCUT2D eigenvalue weighted by Crippen LogP contribution is -2.39. The molecule has 0 bridgehead atoms. The molecule has 4 aromatic carbocycles. The largest absolute Gasteiger partial charge is 0.341 e. The second-order valence-corrected chi connectivity index (χ2v) is 7.04. The van der Waals surface area contributed by atoms with Gasteiger partial charge in [0.2, 0.25) is 0 Å². The molecule has 0 saturated carbocycles. The summed E-state index contributed by atoms with van der Waals surface area (Å²) in [4.78, 5) is 24.4. The highest BCUT2D eigenvalue weighted by molar-refractivity contribution is 6.35. The third kappa shape index (κ3) is 4.05. The normalized spacial score (nSPS) is 12.2. The molecule has 0 aliphatic carbocycles. The molecule has 0 aliphatic heterocycles. The Morgan fingerprint density at radius 2 is 1.37 bits per heavy atom. The van der Waals surface area contributed by atoms with Crippen molar-refractivity contribution in [2.45, 2.75) is 13.0 Å². The average molecular weight is 395 g/mol. The molecule has 148 valence electrons. The number of hydrogen-bond donors (Lipinski definition) is 2. The highest BCUT2D eigenvalue weighted by Gasteiger charge is 2.16. The van der Waals surface area contributed by atoms with Crippen molar-refractivity contribution in [2.75, 3.05) is 0 Å². The van der Waals surface area contributed by atoms with Crippen LogP contribution in [0.25, 0.3) is 21.5 Å². The lowest BCUT2D eigenvalue weighted by molar-refractivity contribution is -0.139. The molecule has 0 fully saturated rings. The quantitative estimate of drug-likeness (QED) is 0.234. The molecule has 0 saturated heterocycles. The number of benzene rings is 4. The van der Waals surface area contributed by atoms with Gasteiger partial charge in [-0.05, 0) is 40.1 Å². The van der Waals surface area contributed by atoms with Gasteiger partial charge >= 0.3 is 11.8 Å². The van der Waals surface area contributed by atoms with Gasteiger partial charge in [-0.25, -0.2) is 5.43 Å². The molecule has 0 spiro atoms. The number of nitrogens with one attached hydrogen (secondary N) is 2. The molecule has 0 aromatic heterocycles. The molecule has 2 N–H and O–H groups in total. The van der Waals surface area contributed by atoms with Crippen molar-refractivity contribution >= 4 is 39.6 Å². The zero-order valence-electron chi connectivity index (χ0n) is 16.5. The summed E-state index contributed by atoms with van der Waals surface area (Å²) in [7, 11) is 0.